The van der Waals surface area contributed by atoms with Crippen molar-refractivity contribution in [1.82, 2.24) is 15.1 Å². The van der Waals surface area contributed by atoms with Crippen molar-refractivity contribution in [2.24, 2.45) is 5.92 Å². The summed E-state index contributed by atoms with van der Waals surface area (Å²) in [6, 6.07) is 7.25. The lowest BCUT2D eigenvalue weighted by Gasteiger charge is -2.31. The Balaban J connectivity index is 1.56. The topological polar surface area (TPSA) is 75.2 Å². The summed E-state index contributed by atoms with van der Waals surface area (Å²) >= 11 is 1.45. The SMILES string of the molecule is Cc1nnc(-c2cccc(NC(=O)C3CCN(C(=O)CC(F)(F)F)CC3)c2)s1. The molecule has 0 radical (unpaired) electrons. The highest BCUT2D eigenvalue weighted by Crippen LogP contribution is 2.27. The van der Waals surface area contributed by atoms with Crippen LogP contribution in [0.25, 0.3) is 10.6 Å². The van der Waals surface area contributed by atoms with Crippen molar-refractivity contribution in [1.29, 1.82) is 0 Å². The van der Waals surface area contributed by atoms with Crippen LogP contribution in [0.4, 0.5) is 18.9 Å². The molecule has 0 bridgehead atoms. The van der Waals surface area contributed by atoms with Crippen molar-refractivity contribution in [2.45, 2.75) is 32.4 Å². The third kappa shape index (κ3) is 5.28. The molecule has 3 rings (SSSR count). The van der Waals surface area contributed by atoms with E-state index in [-0.39, 0.29) is 24.9 Å². The van der Waals surface area contributed by atoms with Gasteiger partial charge >= 0.3 is 6.18 Å². The monoisotopic (exact) mass is 412 g/mol. The van der Waals surface area contributed by atoms with Gasteiger partial charge in [-0.25, -0.2) is 0 Å². The number of rotatable bonds is 4. The summed E-state index contributed by atoms with van der Waals surface area (Å²) in [5, 5.41) is 12.5. The highest BCUT2D eigenvalue weighted by atomic mass is 32.1. The second kappa shape index (κ2) is 8.26. The van der Waals surface area contributed by atoms with Gasteiger partial charge in [0.15, 0.2) is 0 Å². The smallest absolute Gasteiger partial charge is 0.342 e. The molecule has 1 fully saturated rings. The molecule has 1 aliphatic heterocycles. The number of nitrogens with zero attached hydrogens (tertiary/aromatic N) is 3. The van der Waals surface area contributed by atoms with E-state index in [2.05, 4.69) is 15.5 Å². The van der Waals surface area contributed by atoms with E-state index in [1.165, 1.54) is 16.2 Å². The third-order valence-electron chi connectivity index (χ3n) is 4.47. The van der Waals surface area contributed by atoms with Gasteiger partial charge in [0, 0.05) is 30.3 Å². The van der Waals surface area contributed by atoms with Gasteiger partial charge in [0.05, 0.1) is 0 Å². The van der Waals surface area contributed by atoms with Gasteiger partial charge in [-0.3, -0.25) is 9.59 Å². The minimum Gasteiger partial charge on any atom is -0.342 e. The molecule has 1 saturated heterocycles. The van der Waals surface area contributed by atoms with Gasteiger partial charge in [-0.05, 0) is 31.9 Å². The lowest BCUT2D eigenvalue weighted by molar-refractivity contribution is -0.162. The number of hydrogen-bond donors (Lipinski definition) is 1. The Morgan fingerprint density at radius 2 is 1.96 bits per heavy atom. The average molecular weight is 412 g/mol. The normalized spacial score (nSPS) is 15.5. The zero-order valence-corrected chi connectivity index (χ0v) is 15.9. The van der Waals surface area contributed by atoms with Crippen molar-refractivity contribution in [3.8, 4) is 10.6 Å². The van der Waals surface area contributed by atoms with Crippen LogP contribution in [0.1, 0.15) is 24.3 Å². The van der Waals surface area contributed by atoms with Gasteiger partial charge < -0.3 is 10.2 Å². The maximum absolute atomic E-state index is 12.5. The zero-order valence-electron chi connectivity index (χ0n) is 15.1. The highest BCUT2D eigenvalue weighted by molar-refractivity contribution is 7.14. The van der Waals surface area contributed by atoms with Crippen molar-refractivity contribution >= 4 is 28.8 Å². The number of piperidine rings is 1. The second-order valence-corrected chi connectivity index (χ2v) is 7.82. The summed E-state index contributed by atoms with van der Waals surface area (Å²) in [4.78, 5) is 25.3. The molecule has 10 heteroatoms. The number of likely N-dealkylation sites (tertiary alicyclic amines) is 1. The molecule has 6 nitrogen and oxygen atoms in total. The number of hydrogen-bond acceptors (Lipinski definition) is 5. The number of nitrogens with one attached hydrogen (secondary N) is 1. The van der Waals surface area contributed by atoms with E-state index in [0.717, 1.165) is 15.6 Å². The quantitative estimate of drug-likeness (QED) is 0.832. The number of aryl methyl sites for hydroxylation is 1. The molecule has 28 heavy (non-hydrogen) atoms. The number of anilines is 1. The number of halogens is 3. The first-order chi connectivity index (χ1) is 13.2. The summed E-state index contributed by atoms with van der Waals surface area (Å²) in [5.41, 5.74) is 1.46. The Kier molecular flexibility index (Phi) is 5.97. The van der Waals surface area contributed by atoms with Crippen LogP contribution in [0, 0.1) is 12.8 Å². The van der Waals surface area contributed by atoms with Gasteiger partial charge in [-0.1, -0.05) is 23.5 Å². The predicted octanol–water partition coefficient (Wildman–Crippen LogP) is 3.64. The van der Waals surface area contributed by atoms with E-state index < -0.39 is 18.5 Å². The molecule has 1 N–H and O–H groups in total. The van der Waals surface area contributed by atoms with E-state index in [0.29, 0.717) is 18.5 Å². The summed E-state index contributed by atoms with van der Waals surface area (Å²) in [6.07, 6.45) is -5.29. The Hall–Kier alpha value is -2.49. The van der Waals surface area contributed by atoms with Crippen LogP contribution in [0.5, 0.6) is 0 Å². The Morgan fingerprint density at radius 1 is 1.25 bits per heavy atom. The molecule has 150 valence electrons. The fourth-order valence-electron chi connectivity index (χ4n) is 3.06. The summed E-state index contributed by atoms with van der Waals surface area (Å²) < 4.78 is 37.0. The van der Waals surface area contributed by atoms with E-state index in [1.54, 1.807) is 18.2 Å². The molecule has 2 heterocycles. The van der Waals surface area contributed by atoms with Gasteiger partial charge in [-0.2, -0.15) is 13.2 Å². The van der Waals surface area contributed by atoms with Crippen molar-refractivity contribution in [3.05, 3.63) is 29.3 Å². The number of carbonyl (C=O) groups excluding carboxylic acids is 2. The molecule has 1 aromatic heterocycles. The van der Waals surface area contributed by atoms with E-state index in [1.807, 2.05) is 13.0 Å². The predicted molar refractivity (Wildman–Crippen MR) is 98.7 cm³/mol. The van der Waals surface area contributed by atoms with Crippen LogP contribution >= 0.6 is 11.3 Å². The van der Waals surface area contributed by atoms with Crippen LogP contribution in [0.3, 0.4) is 0 Å². The van der Waals surface area contributed by atoms with Crippen molar-refractivity contribution in [2.75, 3.05) is 18.4 Å². The molecule has 2 aromatic rings. The Bertz CT molecular complexity index is 861. The van der Waals surface area contributed by atoms with Crippen LogP contribution in [0.15, 0.2) is 24.3 Å². The van der Waals surface area contributed by atoms with Crippen LogP contribution < -0.4 is 5.32 Å². The van der Waals surface area contributed by atoms with E-state index in [4.69, 9.17) is 0 Å². The maximum Gasteiger partial charge on any atom is 0.397 e. The molecular formula is C18H19F3N4O2S. The lowest BCUT2D eigenvalue weighted by Crippen LogP contribution is -2.42. The maximum atomic E-state index is 12.5. The minimum atomic E-state index is -4.51. The molecule has 1 aliphatic rings. The number of benzene rings is 1. The van der Waals surface area contributed by atoms with Crippen molar-refractivity contribution in [3.63, 3.8) is 0 Å². The van der Waals surface area contributed by atoms with Gasteiger partial charge in [-0.15, -0.1) is 10.2 Å². The number of amides is 2. The second-order valence-electron chi connectivity index (χ2n) is 6.64. The van der Waals surface area contributed by atoms with Crippen LogP contribution in [0.2, 0.25) is 0 Å². The highest BCUT2D eigenvalue weighted by Gasteiger charge is 2.35. The Labute approximate surface area is 163 Å². The average Bonchev–Trinajstić information content (AvgIpc) is 3.07. The third-order valence-corrected chi connectivity index (χ3v) is 5.36. The van der Waals surface area contributed by atoms with Crippen LogP contribution in [-0.4, -0.2) is 46.2 Å². The minimum absolute atomic E-state index is 0.150. The largest absolute Gasteiger partial charge is 0.397 e. The molecule has 0 atom stereocenters. The number of carbonyl (C=O) groups is 2. The van der Waals surface area contributed by atoms with Crippen LogP contribution in [-0.2, 0) is 9.59 Å². The standard InChI is InChI=1S/C18H19F3N4O2S/c1-11-23-24-17(28-11)13-3-2-4-14(9-13)22-16(27)12-5-7-25(8-6-12)15(26)10-18(19,20)21/h2-4,9,12H,5-8,10H2,1H3,(H,22,27). The van der Waals surface area contributed by atoms with Gasteiger partial charge in [0.2, 0.25) is 11.8 Å². The summed E-state index contributed by atoms with van der Waals surface area (Å²) in [7, 11) is 0. The lowest BCUT2D eigenvalue weighted by atomic mass is 9.95. The van der Waals surface area contributed by atoms with Gasteiger partial charge in [0.25, 0.3) is 0 Å². The fourth-order valence-corrected chi connectivity index (χ4v) is 3.75. The first kappa shape index (κ1) is 20.2. The Morgan fingerprint density at radius 3 is 2.57 bits per heavy atom. The number of alkyl halides is 3. The van der Waals surface area contributed by atoms with Crippen molar-refractivity contribution < 1.29 is 22.8 Å². The molecule has 0 spiro atoms. The first-order valence-corrected chi connectivity index (χ1v) is 9.59. The fraction of sp³-hybridized carbons (Fsp3) is 0.444. The molecule has 2 amide bonds. The first-order valence-electron chi connectivity index (χ1n) is 8.77. The van der Waals surface area contributed by atoms with E-state index in [9.17, 15) is 22.8 Å². The zero-order chi connectivity index (χ0) is 20.3. The molecular weight excluding hydrogens is 393 g/mol. The number of aromatic nitrogens is 2. The van der Waals surface area contributed by atoms with Gasteiger partial charge in [0.1, 0.15) is 16.4 Å². The summed E-state index contributed by atoms with van der Waals surface area (Å²) in [5.74, 6) is -1.48. The molecule has 1 aromatic carbocycles. The molecule has 0 saturated carbocycles. The molecule has 0 aliphatic carbocycles. The molecule has 0 unspecified atom stereocenters. The summed E-state index contributed by atoms with van der Waals surface area (Å²) in [6.45, 7) is 2.16. The van der Waals surface area contributed by atoms with E-state index >= 15 is 0 Å².